The average Bonchev–Trinajstić information content (AvgIpc) is 2.18. The molecule has 1 rings (SSSR count). The smallest absolute Gasteiger partial charge is 0.229 e. The van der Waals surface area contributed by atoms with Crippen molar-refractivity contribution in [2.75, 3.05) is 17.6 Å². The van der Waals surface area contributed by atoms with E-state index in [0.717, 1.165) is 17.6 Å². The zero-order chi connectivity index (χ0) is 12.2. The van der Waals surface area contributed by atoms with Gasteiger partial charge in [-0.3, -0.25) is 4.72 Å². The molecule has 16 heavy (non-hydrogen) atoms. The molecule has 0 aliphatic heterocycles. The molecule has 0 saturated heterocycles. The van der Waals surface area contributed by atoms with Gasteiger partial charge in [-0.25, -0.2) is 8.42 Å². The Morgan fingerprint density at radius 2 is 2.12 bits per heavy atom. The fourth-order valence-corrected chi connectivity index (χ4v) is 2.25. The van der Waals surface area contributed by atoms with Crippen molar-refractivity contribution in [3.8, 4) is 5.75 Å². The van der Waals surface area contributed by atoms with Crippen molar-refractivity contribution in [2.45, 2.75) is 12.3 Å². The lowest BCUT2D eigenvalue weighted by atomic mass is 10.2. The highest BCUT2D eigenvalue weighted by Gasteiger charge is 2.06. The third kappa shape index (κ3) is 4.02. The summed E-state index contributed by atoms with van der Waals surface area (Å²) in [7, 11) is -3.23. The van der Waals surface area contributed by atoms with Crippen LogP contribution in [0.5, 0.6) is 5.75 Å². The van der Waals surface area contributed by atoms with Crippen LogP contribution in [0.4, 0.5) is 5.69 Å². The summed E-state index contributed by atoms with van der Waals surface area (Å²) in [5, 5.41) is 0.613. The number of hydrogen-bond donors (Lipinski definition) is 1. The van der Waals surface area contributed by atoms with Gasteiger partial charge in [0.1, 0.15) is 5.75 Å². The van der Waals surface area contributed by atoms with Gasteiger partial charge in [0.15, 0.2) is 0 Å². The van der Waals surface area contributed by atoms with Crippen LogP contribution in [-0.4, -0.2) is 21.3 Å². The average molecular weight is 308 g/mol. The van der Waals surface area contributed by atoms with Crippen molar-refractivity contribution < 1.29 is 13.2 Å². The van der Waals surface area contributed by atoms with Gasteiger partial charge in [-0.05, 0) is 25.1 Å². The molecule has 0 spiro atoms. The quantitative estimate of drug-likeness (QED) is 0.850. The molecular formula is C10H14BrNO3S. The van der Waals surface area contributed by atoms with Crippen LogP contribution in [0.15, 0.2) is 18.2 Å². The molecule has 0 fully saturated rings. The largest absolute Gasteiger partial charge is 0.494 e. The molecular weight excluding hydrogens is 294 g/mol. The zero-order valence-corrected chi connectivity index (χ0v) is 11.6. The number of hydrogen-bond acceptors (Lipinski definition) is 3. The molecule has 0 amide bonds. The van der Waals surface area contributed by atoms with E-state index in [2.05, 4.69) is 20.7 Å². The van der Waals surface area contributed by atoms with Crippen molar-refractivity contribution in [3.05, 3.63) is 23.8 Å². The minimum Gasteiger partial charge on any atom is -0.494 e. The van der Waals surface area contributed by atoms with Crippen LogP contribution in [0, 0.1) is 0 Å². The van der Waals surface area contributed by atoms with Crippen LogP contribution >= 0.6 is 15.9 Å². The lowest BCUT2D eigenvalue weighted by Crippen LogP contribution is -2.09. The highest BCUT2D eigenvalue weighted by Crippen LogP contribution is 2.25. The first kappa shape index (κ1) is 13.3. The first-order valence-corrected chi connectivity index (χ1v) is 7.77. The number of rotatable bonds is 5. The van der Waals surface area contributed by atoms with E-state index in [1.165, 1.54) is 0 Å². The molecule has 0 radical (unpaired) electrons. The molecule has 0 bridgehead atoms. The van der Waals surface area contributed by atoms with Gasteiger partial charge in [0, 0.05) is 16.6 Å². The summed E-state index contributed by atoms with van der Waals surface area (Å²) in [6.07, 6.45) is 1.12. The molecule has 6 heteroatoms. The van der Waals surface area contributed by atoms with Gasteiger partial charge in [-0.1, -0.05) is 15.9 Å². The van der Waals surface area contributed by atoms with Gasteiger partial charge in [0.2, 0.25) is 10.0 Å². The summed E-state index contributed by atoms with van der Waals surface area (Å²) in [5.74, 6) is 0.762. The Morgan fingerprint density at radius 3 is 2.62 bits per heavy atom. The number of ether oxygens (including phenoxy) is 1. The van der Waals surface area contributed by atoms with Gasteiger partial charge < -0.3 is 4.74 Å². The Bertz CT molecular complexity index is 459. The Morgan fingerprint density at radius 1 is 1.44 bits per heavy atom. The second kappa shape index (κ2) is 5.54. The third-order valence-electron chi connectivity index (χ3n) is 1.81. The predicted octanol–water partition coefficient (Wildman–Crippen LogP) is 2.35. The van der Waals surface area contributed by atoms with Crippen LogP contribution in [-0.2, 0) is 15.4 Å². The standard InChI is InChI=1S/C10H14BrNO3S/c1-3-15-10-5-4-9(6-8(10)7-11)12-16(2,13)14/h4-6,12H,3,7H2,1-2H3. The maximum Gasteiger partial charge on any atom is 0.229 e. The molecule has 0 saturated carbocycles. The molecule has 90 valence electrons. The Balaban J connectivity index is 2.99. The zero-order valence-electron chi connectivity index (χ0n) is 9.16. The third-order valence-corrected chi connectivity index (χ3v) is 3.02. The summed E-state index contributed by atoms with van der Waals surface area (Å²) >= 11 is 3.33. The van der Waals surface area contributed by atoms with E-state index in [1.807, 2.05) is 6.92 Å². The molecule has 4 nitrogen and oxygen atoms in total. The van der Waals surface area contributed by atoms with E-state index in [9.17, 15) is 8.42 Å². The topological polar surface area (TPSA) is 55.4 Å². The molecule has 0 aliphatic carbocycles. The maximum absolute atomic E-state index is 11.1. The molecule has 1 aromatic carbocycles. The van der Waals surface area contributed by atoms with Crippen molar-refractivity contribution >= 4 is 31.6 Å². The van der Waals surface area contributed by atoms with Crippen molar-refractivity contribution in [3.63, 3.8) is 0 Å². The highest BCUT2D eigenvalue weighted by molar-refractivity contribution is 9.08. The number of nitrogens with one attached hydrogen (secondary N) is 1. The van der Waals surface area contributed by atoms with E-state index in [-0.39, 0.29) is 0 Å². The number of sulfonamides is 1. The first-order valence-electron chi connectivity index (χ1n) is 4.75. The van der Waals surface area contributed by atoms with Crippen molar-refractivity contribution in [1.82, 2.24) is 0 Å². The Kier molecular flexibility index (Phi) is 4.61. The highest BCUT2D eigenvalue weighted by atomic mass is 79.9. The second-order valence-corrected chi connectivity index (χ2v) is 5.57. The van der Waals surface area contributed by atoms with Crippen molar-refractivity contribution in [1.29, 1.82) is 0 Å². The molecule has 1 N–H and O–H groups in total. The predicted molar refractivity (Wildman–Crippen MR) is 68.7 cm³/mol. The molecule has 0 heterocycles. The first-order chi connectivity index (χ1) is 7.46. The van der Waals surface area contributed by atoms with Crippen LogP contribution in [0.3, 0.4) is 0 Å². The van der Waals surface area contributed by atoms with E-state index in [1.54, 1.807) is 18.2 Å². The van der Waals surface area contributed by atoms with Crippen LogP contribution < -0.4 is 9.46 Å². The fourth-order valence-electron chi connectivity index (χ4n) is 1.26. The van der Waals surface area contributed by atoms with E-state index in [0.29, 0.717) is 17.6 Å². The maximum atomic E-state index is 11.1. The van der Waals surface area contributed by atoms with Crippen LogP contribution in [0.2, 0.25) is 0 Å². The SMILES string of the molecule is CCOc1ccc(NS(C)(=O)=O)cc1CBr. The molecule has 1 aromatic rings. The summed E-state index contributed by atoms with van der Waals surface area (Å²) in [6.45, 7) is 2.49. The Hall–Kier alpha value is -0.750. The van der Waals surface area contributed by atoms with Gasteiger partial charge in [-0.2, -0.15) is 0 Å². The molecule has 0 atom stereocenters. The number of benzene rings is 1. The summed E-state index contributed by atoms with van der Waals surface area (Å²) in [4.78, 5) is 0. The summed E-state index contributed by atoms with van der Waals surface area (Å²) in [6, 6.07) is 5.19. The Labute approximate surface area is 104 Å². The van der Waals surface area contributed by atoms with E-state index < -0.39 is 10.0 Å². The normalized spacial score (nSPS) is 11.2. The van der Waals surface area contributed by atoms with Gasteiger partial charge in [-0.15, -0.1) is 0 Å². The second-order valence-electron chi connectivity index (χ2n) is 3.26. The fraction of sp³-hybridized carbons (Fsp3) is 0.400. The van der Waals surface area contributed by atoms with Gasteiger partial charge in [0.05, 0.1) is 12.9 Å². The molecule has 0 aromatic heterocycles. The summed E-state index contributed by atoms with van der Waals surface area (Å²) in [5.41, 5.74) is 1.45. The van der Waals surface area contributed by atoms with E-state index in [4.69, 9.17) is 4.74 Å². The number of halogens is 1. The monoisotopic (exact) mass is 307 g/mol. The van der Waals surface area contributed by atoms with Crippen LogP contribution in [0.1, 0.15) is 12.5 Å². The lowest BCUT2D eigenvalue weighted by Gasteiger charge is -2.10. The summed E-state index contributed by atoms with van der Waals surface area (Å²) < 4.78 is 29.9. The van der Waals surface area contributed by atoms with Crippen molar-refractivity contribution in [2.24, 2.45) is 0 Å². The van der Waals surface area contributed by atoms with E-state index >= 15 is 0 Å². The van der Waals surface area contributed by atoms with Crippen LogP contribution in [0.25, 0.3) is 0 Å². The number of alkyl halides is 1. The molecule has 0 unspecified atom stereocenters. The lowest BCUT2D eigenvalue weighted by molar-refractivity contribution is 0.338. The van der Waals surface area contributed by atoms with Gasteiger partial charge in [0.25, 0.3) is 0 Å². The molecule has 0 aliphatic rings. The van der Waals surface area contributed by atoms with Gasteiger partial charge >= 0.3 is 0 Å². The minimum atomic E-state index is -3.23. The number of anilines is 1. The minimum absolute atomic E-state index is 0.542.